The first kappa shape index (κ1) is 70.7. The van der Waals surface area contributed by atoms with Gasteiger partial charge in [0.2, 0.25) is 0 Å². The van der Waals surface area contributed by atoms with Crippen LogP contribution in [0, 0.1) is 0 Å². The van der Waals surface area contributed by atoms with E-state index in [4.69, 9.17) is 14.2 Å². The molecule has 0 aliphatic heterocycles. The van der Waals surface area contributed by atoms with Crippen molar-refractivity contribution in [1.29, 1.82) is 0 Å². The fourth-order valence-electron chi connectivity index (χ4n) is 9.88. The van der Waals surface area contributed by atoms with Crippen LogP contribution in [0.1, 0.15) is 290 Å². The maximum atomic E-state index is 9.91. The first-order valence-electron chi connectivity index (χ1n) is 31.7. The molecule has 0 spiro atoms. The fourth-order valence-corrected chi connectivity index (χ4v) is 11.9. The Balaban J connectivity index is 0.00000270. The molecule has 77 heavy (non-hydrogen) atoms. The molecule has 0 N–H and O–H groups in total. The van der Waals surface area contributed by atoms with Gasteiger partial charge in [0.25, 0.3) is 0 Å². The number of hydrogen-bond acceptors (Lipinski definition) is 3. The summed E-state index contributed by atoms with van der Waals surface area (Å²) in [6.45, 7) is 9.29. The number of halogens is 6. The molecule has 0 heterocycles. The Morgan fingerprint density at radius 1 is 0.247 bits per heavy atom. The van der Waals surface area contributed by atoms with Crippen LogP contribution in [0.15, 0.2) is 87.5 Å². The van der Waals surface area contributed by atoms with E-state index in [1.165, 1.54) is 265 Å². The Kier molecular flexibility index (Phi) is 40.6. The summed E-state index contributed by atoms with van der Waals surface area (Å²) in [6, 6.07) is 26.8. The molecule has 0 fully saturated rings. The molecule has 3 rings (SSSR count). The normalized spacial score (nSPS) is 12.5. The molecule has 3 aromatic rings. The van der Waals surface area contributed by atoms with E-state index >= 15 is 0 Å². The van der Waals surface area contributed by atoms with Gasteiger partial charge in [0.15, 0.2) is 14.7 Å². The number of hydrogen-bond donors (Lipinski definition) is 0. The van der Waals surface area contributed by atoms with Crippen LogP contribution >= 0.6 is 0 Å². The zero-order chi connectivity index (χ0) is 55.9. The summed E-state index contributed by atoms with van der Waals surface area (Å²) in [5, 5.41) is 0. The van der Waals surface area contributed by atoms with E-state index < -0.39 is 14.2 Å². The molecule has 0 saturated carbocycles. The minimum atomic E-state index is -11.1. The van der Waals surface area contributed by atoms with E-state index in [9.17, 15) is 20.8 Å². The number of rotatable bonds is 51. The Morgan fingerprint density at radius 3 is 0.545 bits per heavy atom. The molecule has 446 valence electrons. The van der Waals surface area contributed by atoms with E-state index in [1.807, 2.05) is 0 Å². The molecule has 3 nitrogen and oxygen atoms in total. The van der Waals surface area contributed by atoms with Gasteiger partial charge in [-0.15, -0.1) is 0 Å². The van der Waals surface area contributed by atoms with Crippen molar-refractivity contribution < 1.29 is 35.0 Å². The summed E-state index contributed by atoms with van der Waals surface area (Å²) in [7, 11) is -0.258. The quantitative estimate of drug-likeness (QED) is 0.0244. The van der Waals surface area contributed by atoms with Gasteiger partial charge in [0.05, 0.1) is 30.7 Å². The predicted octanol–water partition coefficient (Wildman–Crippen LogP) is 24.5. The van der Waals surface area contributed by atoms with Gasteiger partial charge in [-0.05, 0) is 92.1 Å². The molecule has 0 saturated heterocycles. The maximum absolute atomic E-state index is 11.1. The summed E-state index contributed by atoms with van der Waals surface area (Å²) in [5.41, 5.74) is 0. The minimum absolute atomic E-state index is 0.258. The van der Waals surface area contributed by atoms with Crippen LogP contribution < -0.4 is 14.2 Å². The van der Waals surface area contributed by atoms with Crippen LogP contribution in [0.2, 0.25) is 0 Å². The van der Waals surface area contributed by atoms with Gasteiger partial charge >= 0.3 is 35.0 Å². The van der Waals surface area contributed by atoms with Gasteiger partial charge in [0.1, 0.15) is 17.2 Å². The average molecular weight is 1170 g/mol. The molecule has 0 radical (unpaired) electrons. The van der Waals surface area contributed by atoms with Crippen molar-refractivity contribution in [1.82, 2.24) is 0 Å². The van der Waals surface area contributed by atoms with E-state index in [0.29, 0.717) is 0 Å². The summed E-state index contributed by atoms with van der Waals surface area (Å²) < 4.78 is 78.2. The first-order valence-corrected chi connectivity index (χ1v) is 37.2. The van der Waals surface area contributed by atoms with Crippen molar-refractivity contribution in [2.24, 2.45) is 0 Å². The third kappa shape index (κ3) is 45.9. The van der Waals surface area contributed by atoms with Crippen molar-refractivity contribution in [3.05, 3.63) is 72.8 Å². The monoisotopic (exact) mass is 1170 g/mol. The summed E-state index contributed by atoms with van der Waals surface area (Å²) in [5.74, 6) is 2.92. The standard InChI is InChI=1S/C66H111O3S.AsF6/c1-4-7-10-13-16-19-22-25-28-31-34-37-40-43-58-67-61-46-52-64(53-47-61)70(65-54-48-62(49-55-65)68-59-44-41-38-35-32-29-26-23-20-17-14-11-8-5-2)66-56-50-63(51-57-66)69-60-45-42-39-36-33-30-27-24-21-18-15-12-9-6-3;2-1(3,4,5,6)7/h46-57H,4-45,58-60H2,1-3H3;/q+1;-1. The van der Waals surface area contributed by atoms with Crippen molar-refractivity contribution >= 4 is 25.1 Å². The fraction of sp³-hybridized carbons (Fsp3) is 0.727. The van der Waals surface area contributed by atoms with Crippen LogP contribution in [0.5, 0.6) is 17.2 Å². The molecule has 3 aromatic carbocycles. The van der Waals surface area contributed by atoms with Crippen molar-refractivity contribution in [3.63, 3.8) is 0 Å². The molecular formula is C66H111AsF6O3S. The summed E-state index contributed by atoms with van der Waals surface area (Å²) >= 11 is -11.1. The Bertz CT molecular complexity index is 1570. The van der Waals surface area contributed by atoms with E-state index in [1.54, 1.807) is 0 Å². The average Bonchev–Trinajstić information content (AvgIpc) is 3.42. The van der Waals surface area contributed by atoms with E-state index in [-0.39, 0.29) is 10.9 Å². The van der Waals surface area contributed by atoms with Crippen LogP contribution in [0.4, 0.5) is 20.8 Å². The third-order valence-electron chi connectivity index (χ3n) is 14.5. The number of unbranched alkanes of at least 4 members (excludes halogenated alkanes) is 39. The molecule has 0 atom stereocenters. The summed E-state index contributed by atoms with van der Waals surface area (Å²) in [4.78, 5) is 3.91. The van der Waals surface area contributed by atoms with E-state index in [2.05, 4.69) is 93.6 Å². The topological polar surface area (TPSA) is 27.7 Å². The van der Waals surface area contributed by atoms with Gasteiger partial charge in [0, 0.05) is 0 Å². The molecule has 0 bridgehead atoms. The molecule has 0 aliphatic rings. The predicted molar refractivity (Wildman–Crippen MR) is 321 cm³/mol. The van der Waals surface area contributed by atoms with Gasteiger partial charge in [-0.3, -0.25) is 0 Å². The van der Waals surface area contributed by atoms with Crippen molar-refractivity contribution in [2.75, 3.05) is 19.8 Å². The summed E-state index contributed by atoms with van der Waals surface area (Å²) in [6.07, 6.45) is 57.8. The van der Waals surface area contributed by atoms with Crippen LogP contribution in [0.25, 0.3) is 0 Å². The second-order valence-electron chi connectivity index (χ2n) is 22.0. The second kappa shape index (κ2) is 44.2. The molecule has 0 aromatic heterocycles. The van der Waals surface area contributed by atoms with Crippen LogP contribution in [-0.4, -0.2) is 34.0 Å². The van der Waals surface area contributed by atoms with Gasteiger partial charge in [-0.2, -0.15) is 0 Å². The molecule has 0 unspecified atom stereocenters. The van der Waals surface area contributed by atoms with Gasteiger partial charge in [-0.1, -0.05) is 271 Å². The number of ether oxygens (including phenoxy) is 3. The second-order valence-corrected chi connectivity index (χ2v) is 28.1. The Hall–Kier alpha value is -2.45. The Morgan fingerprint density at radius 2 is 0.390 bits per heavy atom. The Labute approximate surface area is 472 Å². The molecule has 11 heteroatoms. The zero-order valence-corrected chi connectivity index (χ0v) is 51.8. The SMILES string of the molecule is CCCCCCCCCCCCCCCCOc1ccc([S+](c2ccc(OCCCCCCCCCCCCCCCC)cc2)c2ccc(OCCCCCCCCCCCCCCCC)cc2)cc1.F[As-](F)(F)(F)(F)F. The third-order valence-corrected chi connectivity index (χ3v) is 16.7. The molecular weight excluding hydrogens is 1060 g/mol. The van der Waals surface area contributed by atoms with Crippen LogP contribution in [0.3, 0.4) is 0 Å². The number of benzene rings is 3. The zero-order valence-electron chi connectivity index (χ0n) is 49.1. The van der Waals surface area contributed by atoms with Gasteiger partial charge in [-0.25, -0.2) is 0 Å². The van der Waals surface area contributed by atoms with Crippen molar-refractivity contribution in [2.45, 2.75) is 305 Å². The molecule has 0 aliphatic carbocycles. The first-order chi connectivity index (χ1) is 37.2. The van der Waals surface area contributed by atoms with Crippen LogP contribution in [-0.2, 0) is 10.9 Å². The van der Waals surface area contributed by atoms with E-state index in [0.717, 1.165) is 56.3 Å². The molecule has 0 amide bonds. The van der Waals surface area contributed by atoms with Crippen molar-refractivity contribution in [3.8, 4) is 17.2 Å². The van der Waals surface area contributed by atoms with Gasteiger partial charge < -0.3 is 14.2 Å².